The van der Waals surface area contributed by atoms with Crippen molar-refractivity contribution in [1.29, 1.82) is 0 Å². The molecule has 0 unspecified atom stereocenters. The van der Waals surface area contributed by atoms with Gasteiger partial charge >= 0.3 is 0 Å². The quantitative estimate of drug-likeness (QED) is 0.314. The van der Waals surface area contributed by atoms with Gasteiger partial charge in [-0.05, 0) is 74.2 Å². The summed E-state index contributed by atoms with van der Waals surface area (Å²) in [6, 6.07) is 11.3. The maximum absolute atomic E-state index is 12.9. The Morgan fingerprint density at radius 2 is 0.921 bits per heavy atom. The van der Waals surface area contributed by atoms with Gasteiger partial charge in [0.15, 0.2) is 0 Å². The van der Waals surface area contributed by atoms with Crippen LogP contribution in [0.2, 0.25) is 0 Å². The molecule has 4 N–H and O–H groups in total. The molecule has 0 spiro atoms. The lowest BCUT2D eigenvalue weighted by Crippen LogP contribution is -2.58. The van der Waals surface area contributed by atoms with Crippen molar-refractivity contribution in [3.8, 4) is 11.5 Å². The van der Waals surface area contributed by atoms with Gasteiger partial charge in [0.25, 0.3) is 23.6 Å². The van der Waals surface area contributed by atoms with Crippen LogP contribution in [0.1, 0.15) is 62.3 Å². The molecule has 0 radical (unpaired) electrons. The predicted octanol–water partition coefficient (Wildman–Crippen LogP) is 2.84. The minimum atomic E-state index is -0.912. The number of hydrogen-bond acceptors (Lipinski definition) is 6. The van der Waals surface area contributed by atoms with Crippen LogP contribution < -0.4 is 31.0 Å². The Balaban J connectivity index is 1.98. The lowest BCUT2D eigenvalue weighted by atomic mass is 10.0. The Bertz CT molecular complexity index is 996. The Kier molecular flexibility index (Phi) is 11.6. The van der Waals surface area contributed by atoms with E-state index in [0.717, 1.165) is 0 Å². The number of ether oxygens (including phenoxy) is 2. The molecule has 0 aliphatic heterocycles. The van der Waals surface area contributed by atoms with Gasteiger partial charge in [-0.1, -0.05) is 27.7 Å². The molecule has 2 aromatic rings. The van der Waals surface area contributed by atoms with E-state index in [1.165, 1.54) is 0 Å². The molecular formula is C28H38N4O6. The number of hydrogen-bond donors (Lipinski definition) is 4. The van der Waals surface area contributed by atoms with E-state index >= 15 is 0 Å². The van der Waals surface area contributed by atoms with Gasteiger partial charge in [0, 0.05) is 11.1 Å². The van der Waals surface area contributed by atoms with Crippen molar-refractivity contribution < 1.29 is 28.7 Å². The zero-order chi connectivity index (χ0) is 28.2. The van der Waals surface area contributed by atoms with E-state index < -0.39 is 35.7 Å². The van der Waals surface area contributed by atoms with E-state index in [-0.39, 0.29) is 11.8 Å². The second-order valence-electron chi connectivity index (χ2n) is 9.28. The highest BCUT2D eigenvalue weighted by Crippen LogP contribution is 2.14. The molecule has 4 amide bonds. The van der Waals surface area contributed by atoms with E-state index in [2.05, 4.69) is 21.5 Å². The third kappa shape index (κ3) is 8.79. The number of carbonyl (C=O) groups is 4. The fourth-order valence-electron chi connectivity index (χ4n) is 3.54. The van der Waals surface area contributed by atoms with Gasteiger partial charge in [0.2, 0.25) is 0 Å². The molecule has 10 heteroatoms. The molecule has 0 fully saturated rings. The molecule has 0 heterocycles. The van der Waals surface area contributed by atoms with Crippen LogP contribution in [-0.2, 0) is 9.59 Å². The van der Waals surface area contributed by atoms with Gasteiger partial charge < -0.3 is 20.1 Å². The van der Waals surface area contributed by atoms with Crippen molar-refractivity contribution >= 4 is 23.6 Å². The maximum Gasteiger partial charge on any atom is 0.261 e. The molecular weight excluding hydrogens is 488 g/mol. The van der Waals surface area contributed by atoms with Crippen molar-refractivity contribution in [1.82, 2.24) is 21.5 Å². The van der Waals surface area contributed by atoms with Gasteiger partial charge in [0.1, 0.15) is 23.6 Å². The summed E-state index contributed by atoms with van der Waals surface area (Å²) in [6.07, 6.45) is 0. The van der Waals surface area contributed by atoms with Gasteiger partial charge in [-0.2, -0.15) is 0 Å². The average Bonchev–Trinajstić information content (AvgIpc) is 2.89. The topological polar surface area (TPSA) is 135 Å². The molecule has 0 aliphatic carbocycles. The monoisotopic (exact) mass is 526 g/mol. The third-order valence-electron chi connectivity index (χ3n) is 5.64. The van der Waals surface area contributed by atoms with E-state index in [9.17, 15) is 19.2 Å². The summed E-state index contributed by atoms with van der Waals surface area (Å²) in [7, 11) is 0. The molecule has 0 saturated carbocycles. The van der Waals surface area contributed by atoms with E-state index in [1.54, 1.807) is 76.2 Å². The highest BCUT2D eigenvalue weighted by atomic mass is 16.5. The number of benzene rings is 2. The first-order valence-corrected chi connectivity index (χ1v) is 12.7. The highest BCUT2D eigenvalue weighted by Gasteiger charge is 2.28. The second-order valence-corrected chi connectivity index (χ2v) is 9.28. The van der Waals surface area contributed by atoms with Crippen LogP contribution in [0.4, 0.5) is 0 Å². The normalized spacial score (nSPS) is 12.3. The molecule has 38 heavy (non-hydrogen) atoms. The molecule has 2 rings (SSSR count). The number of carbonyl (C=O) groups excluding carboxylic acids is 4. The summed E-state index contributed by atoms with van der Waals surface area (Å²) in [5.74, 6) is -1.30. The fraction of sp³-hybridized carbons (Fsp3) is 0.429. The summed E-state index contributed by atoms with van der Waals surface area (Å²) in [4.78, 5) is 51.1. The number of rotatable bonds is 12. The molecule has 0 saturated heterocycles. The van der Waals surface area contributed by atoms with Crippen molar-refractivity contribution in [3.63, 3.8) is 0 Å². The largest absolute Gasteiger partial charge is 0.494 e. The Labute approximate surface area is 223 Å². The predicted molar refractivity (Wildman–Crippen MR) is 144 cm³/mol. The molecule has 10 nitrogen and oxygen atoms in total. The van der Waals surface area contributed by atoms with E-state index in [4.69, 9.17) is 9.47 Å². The minimum Gasteiger partial charge on any atom is -0.494 e. The van der Waals surface area contributed by atoms with Crippen LogP contribution >= 0.6 is 0 Å². The van der Waals surface area contributed by atoms with Crippen molar-refractivity contribution in [2.24, 2.45) is 11.8 Å². The lowest BCUT2D eigenvalue weighted by Gasteiger charge is -2.24. The molecule has 2 aromatic carbocycles. The summed E-state index contributed by atoms with van der Waals surface area (Å²) in [6.45, 7) is 11.9. The fourth-order valence-corrected chi connectivity index (χ4v) is 3.54. The van der Waals surface area contributed by atoms with E-state index in [1.807, 2.05) is 13.8 Å². The average molecular weight is 527 g/mol. The van der Waals surface area contributed by atoms with Gasteiger partial charge in [-0.25, -0.2) is 0 Å². The lowest BCUT2D eigenvalue weighted by molar-refractivity contribution is -0.131. The van der Waals surface area contributed by atoms with E-state index in [0.29, 0.717) is 35.8 Å². The first kappa shape index (κ1) is 30.1. The molecule has 0 aliphatic rings. The summed E-state index contributed by atoms with van der Waals surface area (Å²) >= 11 is 0. The number of hydrazine groups is 1. The SMILES string of the molecule is CCOc1ccc(C(=O)N[C@H](C(=O)NNC(=O)[C@@H](NC(=O)c2ccc(OCC)cc2)C(C)C)C(C)C)cc1. The van der Waals surface area contributed by atoms with Crippen LogP contribution in [0.25, 0.3) is 0 Å². The standard InChI is InChI=1S/C28H38N4O6/c1-7-37-21-13-9-19(10-14-21)25(33)29-23(17(3)4)27(35)31-32-28(36)24(18(5)6)30-26(34)20-11-15-22(16-12-20)38-8-2/h9-18,23-24H,7-8H2,1-6H3,(H,29,33)(H,30,34)(H,31,35)(H,32,36)/t23-,24-/m0/s1. The number of nitrogens with one attached hydrogen (secondary N) is 4. The van der Waals surface area contributed by atoms with Crippen LogP contribution in [0.5, 0.6) is 11.5 Å². The van der Waals surface area contributed by atoms with Crippen LogP contribution in [0.15, 0.2) is 48.5 Å². The maximum atomic E-state index is 12.9. The van der Waals surface area contributed by atoms with Gasteiger partial charge in [-0.15, -0.1) is 0 Å². The van der Waals surface area contributed by atoms with Crippen LogP contribution in [0.3, 0.4) is 0 Å². The zero-order valence-corrected chi connectivity index (χ0v) is 22.8. The summed E-state index contributed by atoms with van der Waals surface area (Å²) in [5.41, 5.74) is 5.49. The molecule has 0 aromatic heterocycles. The van der Waals surface area contributed by atoms with Crippen LogP contribution in [-0.4, -0.2) is 48.9 Å². The first-order chi connectivity index (χ1) is 18.1. The van der Waals surface area contributed by atoms with Crippen LogP contribution in [0, 0.1) is 11.8 Å². The van der Waals surface area contributed by atoms with Crippen molar-refractivity contribution in [2.75, 3.05) is 13.2 Å². The zero-order valence-electron chi connectivity index (χ0n) is 22.8. The highest BCUT2D eigenvalue weighted by molar-refractivity contribution is 5.99. The molecule has 0 bridgehead atoms. The van der Waals surface area contributed by atoms with Crippen molar-refractivity contribution in [2.45, 2.75) is 53.6 Å². The summed E-state index contributed by atoms with van der Waals surface area (Å²) in [5, 5.41) is 5.41. The van der Waals surface area contributed by atoms with Gasteiger partial charge in [-0.3, -0.25) is 30.0 Å². The Morgan fingerprint density at radius 1 is 0.605 bits per heavy atom. The minimum absolute atomic E-state index is 0.265. The molecule has 2 atom stereocenters. The Hall–Kier alpha value is -4.08. The number of amides is 4. The second kappa shape index (κ2) is 14.6. The first-order valence-electron chi connectivity index (χ1n) is 12.7. The smallest absolute Gasteiger partial charge is 0.261 e. The molecule has 206 valence electrons. The summed E-state index contributed by atoms with van der Waals surface area (Å²) < 4.78 is 10.8. The third-order valence-corrected chi connectivity index (χ3v) is 5.64. The van der Waals surface area contributed by atoms with Gasteiger partial charge in [0.05, 0.1) is 13.2 Å². The van der Waals surface area contributed by atoms with Crippen molar-refractivity contribution in [3.05, 3.63) is 59.7 Å². The Morgan fingerprint density at radius 3 is 1.18 bits per heavy atom.